The molecule has 18 heavy (non-hydrogen) atoms. The molecule has 1 N–H and O–H groups in total. The van der Waals surface area contributed by atoms with E-state index in [-0.39, 0.29) is 5.69 Å². The molecular formula is C11H15BrN2O3S. The predicted octanol–water partition coefficient (Wildman–Crippen LogP) is 2.22. The van der Waals surface area contributed by atoms with Crippen LogP contribution in [0.1, 0.15) is 12.5 Å². The average molecular weight is 335 g/mol. The summed E-state index contributed by atoms with van der Waals surface area (Å²) in [6, 6.07) is 4.85. The molecule has 0 aliphatic rings. The van der Waals surface area contributed by atoms with E-state index in [1.165, 1.54) is 6.07 Å². The number of nitro benzene ring substituents is 1. The van der Waals surface area contributed by atoms with E-state index in [9.17, 15) is 14.3 Å². The van der Waals surface area contributed by atoms with Crippen molar-refractivity contribution in [1.29, 1.82) is 0 Å². The highest BCUT2D eigenvalue weighted by Gasteiger charge is 2.13. The molecule has 0 amide bonds. The molecule has 0 aromatic heterocycles. The van der Waals surface area contributed by atoms with Crippen LogP contribution in [0.25, 0.3) is 0 Å². The molecule has 0 saturated heterocycles. The van der Waals surface area contributed by atoms with Gasteiger partial charge in [-0.25, -0.2) is 0 Å². The Morgan fingerprint density at radius 3 is 2.83 bits per heavy atom. The molecule has 0 aliphatic heterocycles. The van der Waals surface area contributed by atoms with Crippen molar-refractivity contribution in [3.05, 3.63) is 38.3 Å². The van der Waals surface area contributed by atoms with E-state index in [1.54, 1.807) is 12.1 Å². The van der Waals surface area contributed by atoms with Crippen LogP contribution in [-0.4, -0.2) is 27.2 Å². The number of benzene rings is 1. The lowest BCUT2D eigenvalue weighted by molar-refractivity contribution is -0.385. The molecule has 1 unspecified atom stereocenters. The minimum Gasteiger partial charge on any atom is -0.311 e. The molecule has 0 aliphatic carbocycles. The molecule has 7 heteroatoms. The van der Waals surface area contributed by atoms with Crippen LogP contribution in [0.4, 0.5) is 5.69 Å². The van der Waals surface area contributed by atoms with E-state index in [0.29, 0.717) is 30.2 Å². The number of hydrogen-bond acceptors (Lipinski definition) is 4. The summed E-state index contributed by atoms with van der Waals surface area (Å²) in [5, 5.41) is 13.9. The van der Waals surface area contributed by atoms with E-state index < -0.39 is 15.7 Å². The van der Waals surface area contributed by atoms with Gasteiger partial charge in [-0.2, -0.15) is 0 Å². The normalized spacial score (nSPS) is 12.3. The minimum atomic E-state index is -0.809. The molecule has 1 aromatic rings. The van der Waals surface area contributed by atoms with Gasteiger partial charge in [0.25, 0.3) is 5.69 Å². The predicted molar refractivity (Wildman–Crippen MR) is 76.1 cm³/mol. The quantitative estimate of drug-likeness (QED) is 0.471. The topological polar surface area (TPSA) is 72.2 Å². The van der Waals surface area contributed by atoms with Gasteiger partial charge < -0.3 is 5.32 Å². The third kappa shape index (κ3) is 4.83. The average Bonchev–Trinajstić information content (AvgIpc) is 2.34. The van der Waals surface area contributed by atoms with Gasteiger partial charge in [0.2, 0.25) is 0 Å². The van der Waals surface area contributed by atoms with Crippen LogP contribution in [0.15, 0.2) is 22.7 Å². The van der Waals surface area contributed by atoms with Crippen LogP contribution in [0, 0.1) is 10.1 Å². The van der Waals surface area contributed by atoms with Crippen molar-refractivity contribution in [3.8, 4) is 0 Å². The maximum atomic E-state index is 11.2. The lowest BCUT2D eigenvalue weighted by Gasteiger charge is -2.06. The zero-order chi connectivity index (χ0) is 13.5. The van der Waals surface area contributed by atoms with Gasteiger partial charge in [0.1, 0.15) is 0 Å². The molecule has 0 saturated carbocycles. The zero-order valence-corrected chi connectivity index (χ0v) is 12.4. The number of nitrogens with zero attached hydrogens (tertiary/aromatic N) is 1. The fourth-order valence-electron chi connectivity index (χ4n) is 1.43. The number of halogens is 1. The van der Waals surface area contributed by atoms with Gasteiger partial charge >= 0.3 is 0 Å². The van der Waals surface area contributed by atoms with E-state index >= 15 is 0 Å². The van der Waals surface area contributed by atoms with Crippen molar-refractivity contribution >= 4 is 32.4 Å². The molecular weight excluding hydrogens is 320 g/mol. The second-order valence-corrected chi connectivity index (χ2v) is 6.42. The van der Waals surface area contributed by atoms with E-state index in [0.717, 1.165) is 4.47 Å². The van der Waals surface area contributed by atoms with Gasteiger partial charge in [-0.1, -0.05) is 22.9 Å². The Morgan fingerprint density at radius 2 is 2.22 bits per heavy atom. The third-order valence-corrected chi connectivity index (χ3v) is 4.18. The highest BCUT2D eigenvalue weighted by molar-refractivity contribution is 9.10. The van der Waals surface area contributed by atoms with Gasteiger partial charge in [0.05, 0.1) is 4.92 Å². The van der Waals surface area contributed by atoms with Crippen LogP contribution < -0.4 is 5.32 Å². The molecule has 0 heterocycles. The standard InChI is InChI=1S/C11H15BrN2O3S/c1-2-18(17)6-5-13-8-9-7-10(12)3-4-11(9)14(15)16/h3-4,7,13H,2,5-6,8H2,1H3. The molecule has 1 rings (SSSR count). The summed E-state index contributed by atoms with van der Waals surface area (Å²) in [6.45, 7) is 2.86. The highest BCUT2D eigenvalue weighted by Crippen LogP contribution is 2.22. The van der Waals surface area contributed by atoms with E-state index in [4.69, 9.17) is 0 Å². The van der Waals surface area contributed by atoms with Gasteiger partial charge in [0, 0.05) is 51.5 Å². The molecule has 0 radical (unpaired) electrons. The molecule has 100 valence electrons. The lowest BCUT2D eigenvalue weighted by Crippen LogP contribution is -2.21. The first-order valence-corrected chi connectivity index (χ1v) is 7.81. The second kappa shape index (κ2) is 7.60. The number of rotatable bonds is 7. The fourth-order valence-corrected chi connectivity index (χ4v) is 2.50. The molecule has 1 atom stereocenters. The molecule has 5 nitrogen and oxygen atoms in total. The Balaban J connectivity index is 2.58. The number of nitrogens with one attached hydrogen (secondary N) is 1. The zero-order valence-electron chi connectivity index (χ0n) is 10.0. The SMILES string of the molecule is CCS(=O)CCNCc1cc(Br)ccc1[N+](=O)[O-]. The summed E-state index contributed by atoms with van der Waals surface area (Å²) >= 11 is 3.29. The van der Waals surface area contributed by atoms with Crippen LogP contribution in [0.2, 0.25) is 0 Å². The van der Waals surface area contributed by atoms with Gasteiger partial charge in [-0.3, -0.25) is 14.3 Å². The minimum absolute atomic E-state index is 0.0994. The highest BCUT2D eigenvalue weighted by atomic mass is 79.9. The van der Waals surface area contributed by atoms with Gasteiger partial charge in [0.15, 0.2) is 0 Å². The van der Waals surface area contributed by atoms with Crippen LogP contribution in [-0.2, 0) is 17.3 Å². The summed E-state index contributed by atoms with van der Waals surface area (Å²) < 4.78 is 12.0. The summed E-state index contributed by atoms with van der Waals surface area (Å²) in [4.78, 5) is 10.4. The van der Waals surface area contributed by atoms with Crippen molar-refractivity contribution in [2.24, 2.45) is 0 Å². The summed E-state index contributed by atoms with van der Waals surface area (Å²) in [5.74, 6) is 1.21. The second-order valence-electron chi connectivity index (χ2n) is 3.64. The largest absolute Gasteiger partial charge is 0.311 e. The Morgan fingerprint density at radius 1 is 1.50 bits per heavy atom. The first kappa shape index (κ1) is 15.3. The van der Waals surface area contributed by atoms with E-state index in [1.807, 2.05) is 6.92 Å². The molecule has 0 fully saturated rings. The number of nitro groups is 1. The van der Waals surface area contributed by atoms with Crippen molar-refractivity contribution in [2.45, 2.75) is 13.5 Å². The van der Waals surface area contributed by atoms with E-state index in [2.05, 4.69) is 21.2 Å². The Labute approximate surface area is 117 Å². The third-order valence-electron chi connectivity index (χ3n) is 2.38. The monoisotopic (exact) mass is 334 g/mol. The lowest BCUT2D eigenvalue weighted by atomic mass is 10.2. The smallest absolute Gasteiger partial charge is 0.273 e. The van der Waals surface area contributed by atoms with Crippen molar-refractivity contribution in [2.75, 3.05) is 18.1 Å². The Hall–Kier alpha value is -0.790. The number of hydrogen-bond donors (Lipinski definition) is 1. The van der Waals surface area contributed by atoms with Gasteiger partial charge in [-0.05, 0) is 12.1 Å². The van der Waals surface area contributed by atoms with Crippen LogP contribution >= 0.6 is 15.9 Å². The maximum absolute atomic E-state index is 11.2. The molecule has 0 spiro atoms. The van der Waals surface area contributed by atoms with Crippen molar-refractivity contribution in [1.82, 2.24) is 5.32 Å². The van der Waals surface area contributed by atoms with Crippen molar-refractivity contribution < 1.29 is 9.13 Å². The van der Waals surface area contributed by atoms with Crippen LogP contribution in [0.3, 0.4) is 0 Å². The maximum Gasteiger partial charge on any atom is 0.273 e. The Kier molecular flexibility index (Phi) is 6.45. The Bertz CT molecular complexity index is 454. The molecule has 0 bridgehead atoms. The first-order chi connectivity index (χ1) is 8.54. The summed E-state index contributed by atoms with van der Waals surface area (Å²) in [5.41, 5.74) is 0.721. The van der Waals surface area contributed by atoms with Crippen LogP contribution in [0.5, 0.6) is 0 Å². The van der Waals surface area contributed by atoms with Crippen molar-refractivity contribution in [3.63, 3.8) is 0 Å². The summed E-state index contributed by atoms with van der Waals surface area (Å²) in [7, 11) is -0.809. The molecule has 1 aromatic carbocycles. The fraction of sp³-hybridized carbons (Fsp3) is 0.455. The first-order valence-electron chi connectivity index (χ1n) is 5.53. The van der Waals surface area contributed by atoms with Gasteiger partial charge in [-0.15, -0.1) is 0 Å². The summed E-state index contributed by atoms with van der Waals surface area (Å²) in [6.07, 6.45) is 0.